The number of aromatic nitrogens is 1. The van der Waals surface area contributed by atoms with Crippen molar-refractivity contribution in [3.8, 4) is 17.4 Å². The summed E-state index contributed by atoms with van der Waals surface area (Å²) in [6.07, 6.45) is 2.48. The Bertz CT molecular complexity index is 677. The summed E-state index contributed by atoms with van der Waals surface area (Å²) in [5.41, 5.74) is 1.94. The van der Waals surface area contributed by atoms with Crippen LogP contribution in [0.3, 0.4) is 0 Å². The first kappa shape index (κ1) is 17.8. The summed E-state index contributed by atoms with van der Waals surface area (Å²) in [6.45, 7) is 0.699. The van der Waals surface area contributed by atoms with E-state index in [1.807, 2.05) is 24.3 Å². The number of pyridine rings is 1. The van der Waals surface area contributed by atoms with E-state index in [1.54, 1.807) is 33.6 Å². The minimum atomic E-state index is 0.544. The first-order valence-corrected chi connectivity index (χ1v) is 7.83. The molecule has 128 valence electrons. The minimum Gasteiger partial charge on any atom is -0.493 e. The van der Waals surface area contributed by atoms with Crippen molar-refractivity contribution in [3.63, 3.8) is 0 Å². The van der Waals surface area contributed by atoms with Gasteiger partial charge < -0.3 is 24.8 Å². The lowest BCUT2D eigenvalue weighted by Gasteiger charge is -2.12. The van der Waals surface area contributed by atoms with E-state index in [1.165, 1.54) is 0 Å². The third kappa shape index (κ3) is 4.99. The number of thiocarbonyl (C=S) groups is 1. The number of ether oxygens (including phenoxy) is 3. The van der Waals surface area contributed by atoms with E-state index < -0.39 is 0 Å². The molecule has 7 heteroatoms. The molecule has 0 aliphatic carbocycles. The molecule has 0 amide bonds. The third-order valence-corrected chi connectivity index (χ3v) is 3.60. The molecule has 0 atom stereocenters. The fourth-order valence-corrected chi connectivity index (χ4v) is 2.33. The van der Waals surface area contributed by atoms with E-state index in [0.717, 1.165) is 29.2 Å². The average Bonchev–Trinajstić information content (AvgIpc) is 2.62. The number of nitrogens with zero attached hydrogens (tertiary/aromatic N) is 1. The van der Waals surface area contributed by atoms with Crippen molar-refractivity contribution in [1.82, 2.24) is 10.3 Å². The lowest BCUT2D eigenvalue weighted by Crippen LogP contribution is -2.30. The summed E-state index contributed by atoms with van der Waals surface area (Å²) in [5, 5.41) is 6.79. The zero-order valence-electron chi connectivity index (χ0n) is 14.0. The maximum Gasteiger partial charge on any atom is 0.213 e. The predicted molar refractivity (Wildman–Crippen MR) is 98.3 cm³/mol. The minimum absolute atomic E-state index is 0.544. The Hall–Kier alpha value is -2.54. The maximum absolute atomic E-state index is 5.30. The van der Waals surface area contributed by atoms with E-state index in [9.17, 15) is 0 Å². The second-order valence-corrected chi connectivity index (χ2v) is 5.32. The van der Waals surface area contributed by atoms with Gasteiger partial charge in [-0.3, -0.25) is 0 Å². The van der Waals surface area contributed by atoms with Crippen LogP contribution < -0.4 is 24.8 Å². The summed E-state index contributed by atoms with van der Waals surface area (Å²) in [5.74, 6) is 2.01. The molecule has 1 heterocycles. The van der Waals surface area contributed by atoms with Gasteiger partial charge in [0.05, 0.1) is 33.2 Å². The second kappa shape index (κ2) is 8.93. The molecule has 1 aromatic carbocycles. The smallest absolute Gasteiger partial charge is 0.213 e. The number of rotatable bonds is 7. The topological polar surface area (TPSA) is 64.6 Å². The number of anilines is 1. The van der Waals surface area contributed by atoms with Gasteiger partial charge in [-0.25, -0.2) is 4.98 Å². The zero-order valence-corrected chi connectivity index (χ0v) is 14.8. The molecule has 0 aliphatic rings. The molecule has 1 aromatic heterocycles. The average molecular weight is 347 g/mol. The Morgan fingerprint density at radius 1 is 1.04 bits per heavy atom. The fraction of sp³-hybridized carbons (Fsp3) is 0.294. The van der Waals surface area contributed by atoms with Gasteiger partial charge in [-0.15, -0.1) is 0 Å². The molecule has 2 rings (SSSR count). The Morgan fingerprint density at radius 2 is 1.83 bits per heavy atom. The highest BCUT2D eigenvalue weighted by molar-refractivity contribution is 7.80. The summed E-state index contributed by atoms with van der Waals surface area (Å²) in [7, 11) is 4.83. The summed E-state index contributed by atoms with van der Waals surface area (Å²) < 4.78 is 15.5. The van der Waals surface area contributed by atoms with Gasteiger partial charge in [-0.05, 0) is 42.4 Å². The molecular formula is C17H21N3O3S. The summed E-state index contributed by atoms with van der Waals surface area (Å²) in [6, 6.07) is 9.49. The maximum atomic E-state index is 5.30. The van der Waals surface area contributed by atoms with Gasteiger partial charge in [0.15, 0.2) is 16.6 Å². The van der Waals surface area contributed by atoms with Crippen molar-refractivity contribution >= 4 is 23.0 Å². The molecule has 0 unspecified atom stereocenters. The van der Waals surface area contributed by atoms with Crippen LogP contribution in [-0.4, -0.2) is 38.0 Å². The van der Waals surface area contributed by atoms with Crippen molar-refractivity contribution in [1.29, 1.82) is 0 Å². The van der Waals surface area contributed by atoms with Gasteiger partial charge in [-0.2, -0.15) is 0 Å². The van der Waals surface area contributed by atoms with Crippen molar-refractivity contribution in [2.45, 2.75) is 6.42 Å². The molecule has 0 saturated heterocycles. The molecule has 0 fully saturated rings. The lowest BCUT2D eigenvalue weighted by molar-refractivity contribution is 0.354. The van der Waals surface area contributed by atoms with Crippen LogP contribution in [-0.2, 0) is 6.42 Å². The van der Waals surface area contributed by atoms with Crippen LogP contribution in [0.2, 0.25) is 0 Å². The van der Waals surface area contributed by atoms with Crippen LogP contribution in [0, 0.1) is 0 Å². The SMILES string of the molecule is COc1ccc(NC(=S)NCCc2ccc(OC)c(OC)c2)cn1. The third-order valence-electron chi connectivity index (χ3n) is 3.35. The number of hydrogen-bond acceptors (Lipinski definition) is 5. The van der Waals surface area contributed by atoms with Gasteiger partial charge in [0.25, 0.3) is 0 Å². The van der Waals surface area contributed by atoms with Crippen molar-refractivity contribution < 1.29 is 14.2 Å². The first-order valence-electron chi connectivity index (χ1n) is 7.42. The molecular weight excluding hydrogens is 326 g/mol. The van der Waals surface area contributed by atoms with Gasteiger partial charge in [0, 0.05) is 12.6 Å². The van der Waals surface area contributed by atoms with Gasteiger partial charge in [-0.1, -0.05) is 6.07 Å². The highest BCUT2D eigenvalue weighted by Gasteiger charge is 2.05. The van der Waals surface area contributed by atoms with E-state index >= 15 is 0 Å². The summed E-state index contributed by atoms with van der Waals surface area (Å²) >= 11 is 5.27. The molecule has 0 bridgehead atoms. The predicted octanol–water partition coefficient (Wildman–Crippen LogP) is 2.64. The van der Waals surface area contributed by atoms with Crippen LogP contribution >= 0.6 is 12.2 Å². The van der Waals surface area contributed by atoms with Crippen molar-refractivity contribution in [2.24, 2.45) is 0 Å². The van der Waals surface area contributed by atoms with Gasteiger partial charge in [0.2, 0.25) is 5.88 Å². The molecule has 2 aromatic rings. The van der Waals surface area contributed by atoms with E-state index in [0.29, 0.717) is 17.5 Å². The van der Waals surface area contributed by atoms with Crippen LogP contribution in [0.15, 0.2) is 36.5 Å². The highest BCUT2D eigenvalue weighted by atomic mass is 32.1. The Morgan fingerprint density at radius 3 is 2.46 bits per heavy atom. The first-order chi connectivity index (χ1) is 11.7. The van der Waals surface area contributed by atoms with Crippen molar-refractivity contribution in [3.05, 3.63) is 42.1 Å². The lowest BCUT2D eigenvalue weighted by atomic mass is 10.1. The zero-order chi connectivity index (χ0) is 17.4. The Balaban J connectivity index is 1.81. The fourth-order valence-electron chi connectivity index (χ4n) is 2.11. The van der Waals surface area contributed by atoms with E-state index in [2.05, 4.69) is 15.6 Å². The molecule has 6 nitrogen and oxygen atoms in total. The quantitative estimate of drug-likeness (QED) is 0.747. The van der Waals surface area contributed by atoms with Crippen LogP contribution in [0.4, 0.5) is 5.69 Å². The highest BCUT2D eigenvalue weighted by Crippen LogP contribution is 2.27. The summed E-state index contributed by atoms with van der Waals surface area (Å²) in [4.78, 5) is 4.12. The standard InChI is InChI=1S/C17H21N3O3S/c1-21-14-6-4-12(10-15(14)22-2)8-9-18-17(24)20-13-5-7-16(23-3)19-11-13/h4-7,10-11H,8-9H2,1-3H3,(H2,18,20,24). The van der Waals surface area contributed by atoms with Crippen LogP contribution in [0.25, 0.3) is 0 Å². The number of methoxy groups -OCH3 is 3. The van der Waals surface area contributed by atoms with Gasteiger partial charge >= 0.3 is 0 Å². The molecule has 0 radical (unpaired) electrons. The Labute approximate surface area is 147 Å². The van der Waals surface area contributed by atoms with E-state index in [4.69, 9.17) is 26.4 Å². The normalized spacial score (nSPS) is 9.96. The number of benzene rings is 1. The molecule has 0 spiro atoms. The monoisotopic (exact) mass is 347 g/mol. The largest absolute Gasteiger partial charge is 0.493 e. The number of nitrogens with one attached hydrogen (secondary N) is 2. The second-order valence-electron chi connectivity index (χ2n) is 4.91. The van der Waals surface area contributed by atoms with Crippen LogP contribution in [0.5, 0.6) is 17.4 Å². The molecule has 2 N–H and O–H groups in total. The van der Waals surface area contributed by atoms with Gasteiger partial charge in [0.1, 0.15) is 0 Å². The molecule has 0 aliphatic heterocycles. The number of hydrogen-bond donors (Lipinski definition) is 2. The van der Waals surface area contributed by atoms with Crippen molar-refractivity contribution in [2.75, 3.05) is 33.2 Å². The van der Waals surface area contributed by atoms with E-state index in [-0.39, 0.29) is 0 Å². The molecule has 24 heavy (non-hydrogen) atoms. The molecule has 0 saturated carbocycles. The van der Waals surface area contributed by atoms with Crippen LogP contribution in [0.1, 0.15) is 5.56 Å². The Kier molecular flexibility index (Phi) is 6.62.